The fourth-order valence-electron chi connectivity index (χ4n) is 1.81. The van der Waals surface area contributed by atoms with E-state index in [2.05, 4.69) is 10.6 Å². The van der Waals surface area contributed by atoms with Crippen molar-refractivity contribution < 1.29 is 13.6 Å². The minimum absolute atomic E-state index is 0.0697. The van der Waals surface area contributed by atoms with Crippen molar-refractivity contribution in [3.63, 3.8) is 0 Å². The van der Waals surface area contributed by atoms with Gasteiger partial charge in [0, 0.05) is 11.8 Å². The van der Waals surface area contributed by atoms with Crippen LogP contribution < -0.4 is 10.6 Å². The molecule has 2 aromatic carbocycles. The standard InChI is InChI=1S/C15H14F2N2O/c1-10(11-5-3-2-4-6-11)18-15(20)19-14-8-12(16)7-13(17)9-14/h2-10H,1H3,(H2,18,19,20)/t10-/m1/s1. The van der Waals surface area contributed by atoms with Crippen molar-refractivity contribution in [3.05, 3.63) is 65.7 Å². The Morgan fingerprint density at radius 3 is 2.25 bits per heavy atom. The molecule has 104 valence electrons. The van der Waals surface area contributed by atoms with Gasteiger partial charge in [-0.25, -0.2) is 13.6 Å². The maximum atomic E-state index is 13.0. The van der Waals surface area contributed by atoms with E-state index in [-0.39, 0.29) is 11.7 Å². The minimum Gasteiger partial charge on any atom is -0.331 e. The number of rotatable bonds is 3. The molecular weight excluding hydrogens is 262 g/mol. The molecule has 0 aliphatic carbocycles. The maximum Gasteiger partial charge on any atom is 0.319 e. The van der Waals surface area contributed by atoms with E-state index in [0.29, 0.717) is 0 Å². The Hall–Kier alpha value is -2.43. The summed E-state index contributed by atoms with van der Waals surface area (Å²) < 4.78 is 26.0. The van der Waals surface area contributed by atoms with Crippen molar-refractivity contribution in [1.29, 1.82) is 0 Å². The van der Waals surface area contributed by atoms with Gasteiger partial charge in [-0.2, -0.15) is 0 Å². The van der Waals surface area contributed by atoms with E-state index >= 15 is 0 Å². The van der Waals surface area contributed by atoms with Crippen LogP contribution in [-0.2, 0) is 0 Å². The molecule has 0 aliphatic rings. The average molecular weight is 276 g/mol. The third-order valence-corrected chi connectivity index (χ3v) is 2.77. The van der Waals surface area contributed by atoms with Gasteiger partial charge in [0.1, 0.15) is 11.6 Å². The molecular formula is C15H14F2N2O. The van der Waals surface area contributed by atoms with E-state index in [1.807, 2.05) is 37.3 Å². The maximum absolute atomic E-state index is 13.0. The topological polar surface area (TPSA) is 41.1 Å². The average Bonchev–Trinajstić information content (AvgIpc) is 2.38. The summed E-state index contributed by atoms with van der Waals surface area (Å²) in [6, 6.07) is 11.5. The van der Waals surface area contributed by atoms with Crippen LogP contribution in [0.2, 0.25) is 0 Å². The van der Waals surface area contributed by atoms with Gasteiger partial charge >= 0.3 is 6.03 Å². The van der Waals surface area contributed by atoms with Crippen molar-refractivity contribution in [2.45, 2.75) is 13.0 Å². The van der Waals surface area contributed by atoms with Gasteiger partial charge in [-0.05, 0) is 24.6 Å². The van der Waals surface area contributed by atoms with E-state index in [1.165, 1.54) is 0 Å². The zero-order valence-electron chi connectivity index (χ0n) is 10.9. The second kappa shape index (κ2) is 6.14. The van der Waals surface area contributed by atoms with Gasteiger partial charge in [0.2, 0.25) is 0 Å². The molecule has 0 spiro atoms. The molecule has 0 saturated heterocycles. The van der Waals surface area contributed by atoms with Gasteiger partial charge in [0.25, 0.3) is 0 Å². The molecule has 1 atom stereocenters. The number of anilines is 1. The van der Waals surface area contributed by atoms with Gasteiger partial charge in [-0.15, -0.1) is 0 Å². The van der Waals surface area contributed by atoms with Gasteiger partial charge < -0.3 is 10.6 Å². The van der Waals surface area contributed by atoms with Crippen LogP contribution in [0.5, 0.6) is 0 Å². The van der Waals surface area contributed by atoms with E-state index in [0.717, 1.165) is 23.8 Å². The lowest BCUT2D eigenvalue weighted by molar-refractivity contribution is 0.249. The van der Waals surface area contributed by atoms with Crippen LogP contribution in [0.15, 0.2) is 48.5 Å². The van der Waals surface area contributed by atoms with Gasteiger partial charge in [0.15, 0.2) is 0 Å². The van der Waals surface area contributed by atoms with Crippen LogP contribution in [0.1, 0.15) is 18.5 Å². The number of hydrogen-bond acceptors (Lipinski definition) is 1. The number of carbonyl (C=O) groups is 1. The molecule has 2 aromatic rings. The smallest absolute Gasteiger partial charge is 0.319 e. The first kappa shape index (κ1) is 14.0. The number of carbonyl (C=O) groups excluding carboxylic acids is 1. The Kier molecular flexibility index (Phi) is 4.30. The first-order chi connectivity index (χ1) is 9.54. The molecule has 0 radical (unpaired) electrons. The number of amides is 2. The highest BCUT2D eigenvalue weighted by Gasteiger charge is 2.10. The molecule has 0 fully saturated rings. The monoisotopic (exact) mass is 276 g/mol. The van der Waals surface area contributed by atoms with Crippen molar-refractivity contribution in [2.75, 3.05) is 5.32 Å². The fraction of sp³-hybridized carbons (Fsp3) is 0.133. The summed E-state index contributed by atoms with van der Waals surface area (Å²) in [6.45, 7) is 1.82. The summed E-state index contributed by atoms with van der Waals surface area (Å²) in [5, 5.41) is 5.08. The van der Waals surface area contributed by atoms with Crippen molar-refractivity contribution in [1.82, 2.24) is 5.32 Å². The number of benzene rings is 2. The van der Waals surface area contributed by atoms with E-state index < -0.39 is 17.7 Å². The molecule has 2 N–H and O–H groups in total. The van der Waals surface area contributed by atoms with Gasteiger partial charge in [-0.3, -0.25) is 0 Å². The largest absolute Gasteiger partial charge is 0.331 e. The highest BCUT2D eigenvalue weighted by atomic mass is 19.1. The number of nitrogens with one attached hydrogen (secondary N) is 2. The third kappa shape index (κ3) is 3.78. The normalized spacial score (nSPS) is 11.8. The highest BCUT2D eigenvalue weighted by Crippen LogP contribution is 2.14. The van der Waals surface area contributed by atoms with Crippen molar-refractivity contribution in [2.24, 2.45) is 0 Å². The van der Waals surface area contributed by atoms with E-state index in [1.54, 1.807) is 0 Å². The quantitative estimate of drug-likeness (QED) is 0.878. The van der Waals surface area contributed by atoms with Gasteiger partial charge in [-0.1, -0.05) is 30.3 Å². The number of halogens is 2. The zero-order chi connectivity index (χ0) is 14.5. The second-order valence-electron chi connectivity index (χ2n) is 4.39. The molecule has 2 amide bonds. The first-order valence-electron chi connectivity index (χ1n) is 6.13. The molecule has 0 aromatic heterocycles. The third-order valence-electron chi connectivity index (χ3n) is 2.77. The lowest BCUT2D eigenvalue weighted by atomic mass is 10.1. The van der Waals surface area contributed by atoms with Crippen LogP contribution in [0.4, 0.5) is 19.3 Å². The summed E-state index contributed by atoms with van der Waals surface area (Å²) in [6.07, 6.45) is 0. The molecule has 0 aliphatic heterocycles. The van der Waals surface area contributed by atoms with Crippen LogP contribution in [0.3, 0.4) is 0 Å². The molecule has 0 unspecified atom stereocenters. The molecule has 2 rings (SSSR count). The molecule has 3 nitrogen and oxygen atoms in total. The van der Waals surface area contributed by atoms with E-state index in [4.69, 9.17) is 0 Å². The molecule has 20 heavy (non-hydrogen) atoms. The summed E-state index contributed by atoms with van der Waals surface area (Å²) in [4.78, 5) is 11.8. The lowest BCUT2D eigenvalue weighted by Crippen LogP contribution is -2.31. The van der Waals surface area contributed by atoms with Gasteiger partial charge in [0.05, 0.1) is 6.04 Å². The second-order valence-corrected chi connectivity index (χ2v) is 4.39. The number of hydrogen-bond donors (Lipinski definition) is 2. The van der Waals surface area contributed by atoms with Crippen LogP contribution >= 0.6 is 0 Å². The van der Waals surface area contributed by atoms with Crippen LogP contribution in [-0.4, -0.2) is 6.03 Å². The fourth-order valence-corrected chi connectivity index (χ4v) is 1.81. The Bertz CT molecular complexity index is 582. The SMILES string of the molecule is C[C@@H](NC(=O)Nc1cc(F)cc(F)c1)c1ccccc1. The Morgan fingerprint density at radius 2 is 1.65 bits per heavy atom. The molecule has 0 heterocycles. The van der Waals surface area contributed by atoms with Crippen LogP contribution in [0, 0.1) is 11.6 Å². The lowest BCUT2D eigenvalue weighted by Gasteiger charge is -2.15. The molecule has 0 saturated carbocycles. The summed E-state index contributed by atoms with van der Waals surface area (Å²) in [7, 11) is 0. The van der Waals surface area contributed by atoms with Crippen LogP contribution in [0.25, 0.3) is 0 Å². The molecule has 5 heteroatoms. The summed E-state index contributed by atoms with van der Waals surface area (Å²) >= 11 is 0. The molecule has 0 bridgehead atoms. The Labute approximate surface area is 115 Å². The zero-order valence-corrected chi connectivity index (χ0v) is 10.9. The summed E-state index contributed by atoms with van der Waals surface area (Å²) in [5.41, 5.74) is 1.01. The number of urea groups is 1. The van der Waals surface area contributed by atoms with Crippen molar-refractivity contribution >= 4 is 11.7 Å². The first-order valence-corrected chi connectivity index (χ1v) is 6.13. The predicted octanol–water partition coefficient (Wildman–Crippen LogP) is 3.85. The highest BCUT2D eigenvalue weighted by molar-refractivity contribution is 5.89. The predicted molar refractivity (Wildman–Crippen MR) is 73.4 cm³/mol. The van der Waals surface area contributed by atoms with Crippen molar-refractivity contribution in [3.8, 4) is 0 Å². The minimum atomic E-state index is -0.739. The summed E-state index contributed by atoms with van der Waals surface area (Å²) in [5.74, 6) is -1.48. The Balaban J connectivity index is 1.99. The van der Waals surface area contributed by atoms with E-state index in [9.17, 15) is 13.6 Å². The Morgan fingerprint density at radius 1 is 1.05 bits per heavy atom.